The van der Waals surface area contributed by atoms with Crippen LogP contribution < -0.4 is 5.73 Å². The fourth-order valence-electron chi connectivity index (χ4n) is 2.18. The molecular formula is C15H14N4. The third-order valence-electron chi connectivity index (χ3n) is 3.48. The molecule has 3 aromatic rings. The second-order valence-corrected chi connectivity index (χ2v) is 4.59. The average molecular weight is 250 g/mol. The monoisotopic (exact) mass is 250 g/mol. The van der Waals surface area contributed by atoms with Gasteiger partial charge in [-0.1, -0.05) is 24.3 Å². The average Bonchev–Trinajstić information content (AvgIpc) is 2.45. The maximum atomic E-state index is 5.79. The Morgan fingerprint density at radius 3 is 2.58 bits per heavy atom. The van der Waals surface area contributed by atoms with Crippen molar-refractivity contribution in [3.63, 3.8) is 0 Å². The first kappa shape index (κ1) is 11.6. The lowest BCUT2D eigenvalue weighted by Gasteiger charge is -2.10. The van der Waals surface area contributed by atoms with E-state index < -0.39 is 0 Å². The maximum Gasteiger partial charge on any atom is 0.149 e. The highest BCUT2D eigenvalue weighted by Gasteiger charge is 2.12. The van der Waals surface area contributed by atoms with Crippen LogP contribution in [-0.2, 0) is 0 Å². The maximum absolute atomic E-state index is 5.79. The summed E-state index contributed by atoms with van der Waals surface area (Å²) in [5.74, 6) is 0.481. The van der Waals surface area contributed by atoms with E-state index in [-0.39, 0.29) is 0 Å². The number of rotatable bonds is 1. The summed E-state index contributed by atoms with van der Waals surface area (Å²) in [6, 6.07) is 8.12. The molecule has 0 aliphatic heterocycles. The van der Waals surface area contributed by atoms with Crippen molar-refractivity contribution < 1.29 is 0 Å². The first-order chi connectivity index (χ1) is 9.18. The minimum Gasteiger partial charge on any atom is -0.382 e. The highest BCUT2D eigenvalue weighted by molar-refractivity contribution is 5.95. The zero-order valence-corrected chi connectivity index (χ0v) is 10.9. The molecule has 19 heavy (non-hydrogen) atoms. The Bertz CT molecular complexity index is 760. The number of hydrogen-bond acceptors (Lipinski definition) is 4. The summed E-state index contributed by atoms with van der Waals surface area (Å²) >= 11 is 0. The van der Waals surface area contributed by atoms with Crippen LogP contribution in [-0.4, -0.2) is 15.2 Å². The van der Waals surface area contributed by atoms with Crippen LogP contribution in [0.5, 0.6) is 0 Å². The van der Waals surface area contributed by atoms with Gasteiger partial charge >= 0.3 is 0 Å². The summed E-state index contributed by atoms with van der Waals surface area (Å²) in [5.41, 5.74) is 9.64. The Morgan fingerprint density at radius 2 is 1.74 bits per heavy atom. The lowest BCUT2D eigenvalue weighted by atomic mass is 10.0. The number of benzene rings is 1. The number of aromatic nitrogens is 3. The summed E-state index contributed by atoms with van der Waals surface area (Å²) in [6.45, 7) is 3.97. The molecule has 0 fully saturated rings. The number of pyridine rings is 1. The van der Waals surface area contributed by atoms with Crippen LogP contribution >= 0.6 is 0 Å². The zero-order valence-electron chi connectivity index (χ0n) is 10.9. The molecule has 0 bridgehead atoms. The summed E-state index contributed by atoms with van der Waals surface area (Å²) < 4.78 is 0. The summed E-state index contributed by atoms with van der Waals surface area (Å²) in [4.78, 5) is 4.28. The summed E-state index contributed by atoms with van der Waals surface area (Å²) in [5, 5.41) is 10.5. The van der Waals surface area contributed by atoms with Crippen LogP contribution in [0.25, 0.3) is 22.0 Å². The van der Waals surface area contributed by atoms with E-state index in [9.17, 15) is 0 Å². The first-order valence-electron chi connectivity index (χ1n) is 6.11. The van der Waals surface area contributed by atoms with Gasteiger partial charge in [0.1, 0.15) is 5.82 Å². The van der Waals surface area contributed by atoms with Crippen LogP contribution in [0.3, 0.4) is 0 Å². The lowest BCUT2D eigenvalue weighted by Crippen LogP contribution is -2.02. The van der Waals surface area contributed by atoms with Crippen molar-refractivity contribution in [3.05, 3.63) is 47.8 Å². The van der Waals surface area contributed by atoms with E-state index in [1.54, 1.807) is 0 Å². The van der Waals surface area contributed by atoms with E-state index in [0.717, 1.165) is 33.2 Å². The minimum atomic E-state index is 0.481. The van der Waals surface area contributed by atoms with Crippen molar-refractivity contribution in [3.8, 4) is 11.3 Å². The van der Waals surface area contributed by atoms with Gasteiger partial charge in [-0.3, -0.25) is 4.98 Å². The molecule has 2 heterocycles. The smallest absolute Gasteiger partial charge is 0.149 e. The molecule has 2 aromatic heterocycles. The number of fused-ring (bicyclic) bond motifs is 1. The van der Waals surface area contributed by atoms with Crippen molar-refractivity contribution in [2.75, 3.05) is 5.73 Å². The predicted octanol–water partition coefficient (Wildman–Crippen LogP) is 2.89. The van der Waals surface area contributed by atoms with Crippen molar-refractivity contribution in [2.45, 2.75) is 13.8 Å². The molecule has 0 aliphatic rings. The van der Waals surface area contributed by atoms with E-state index in [2.05, 4.69) is 21.2 Å². The molecule has 0 saturated carbocycles. The van der Waals surface area contributed by atoms with Gasteiger partial charge in [-0.05, 0) is 30.4 Å². The SMILES string of the molecule is Cc1c(N)nnc(-c2cncc3ccccc23)c1C. The van der Waals surface area contributed by atoms with Crippen molar-refractivity contribution in [2.24, 2.45) is 0 Å². The quantitative estimate of drug-likeness (QED) is 0.721. The molecule has 2 N–H and O–H groups in total. The Morgan fingerprint density at radius 1 is 0.947 bits per heavy atom. The summed E-state index contributed by atoms with van der Waals surface area (Å²) in [6.07, 6.45) is 3.68. The molecule has 94 valence electrons. The summed E-state index contributed by atoms with van der Waals surface area (Å²) in [7, 11) is 0. The number of hydrogen-bond donors (Lipinski definition) is 1. The molecule has 0 aliphatic carbocycles. The van der Waals surface area contributed by atoms with Gasteiger partial charge < -0.3 is 5.73 Å². The highest BCUT2D eigenvalue weighted by atomic mass is 15.1. The second-order valence-electron chi connectivity index (χ2n) is 4.59. The normalized spacial score (nSPS) is 10.8. The topological polar surface area (TPSA) is 64.7 Å². The zero-order chi connectivity index (χ0) is 13.4. The van der Waals surface area contributed by atoms with E-state index in [4.69, 9.17) is 5.73 Å². The van der Waals surface area contributed by atoms with E-state index in [1.807, 2.05) is 44.4 Å². The fraction of sp³-hybridized carbons (Fsp3) is 0.133. The van der Waals surface area contributed by atoms with Crippen LogP contribution in [0.1, 0.15) is 11.1 Å². The molecule has 0 unspecified atom stereocenters. The molecule has 1 aromatic carbocycles. The van der Waals surface area contributed by atoms with Crippen molar-refractivity contribution in [1.29, 1.82) is 0 Å². The standard InChI is InChI=1S/C15H14N4/c1-9-10(2)15(16)19-18-14(9)13-8-17-7-11-5-3-4-6-12(11)13/h3-8H,1-2H3,(H2,16,19). The number of anilines is 1. The van der Waals surface area contributed by atoms with Crippen LogP contribution in [0.2, 0.25) is 0 Å². The largest absolute Gasteiger partial charge is 0.382 e. The highest BCUT2D eigenvalue weighted by Crippen LogP contribution is 2.29. The number of nitrogen functional groups attached to an aromatic ring is 1. The second kappa shape index (κ2) is 4.31. The lowest BCUT2D eigenvalue weighted by molar-refractivity contribution is 1.01. The number of nitrogens with two attached hydrogens (primary N) is 1. The van der Waals surface area contributed by atoms with Gasteiger partial charge in [0.2, 0.25) is 0 Å². The van der Waals surface area contributed by atoms with Crippen LogP contribution in [0, 0.1) is 13.8 Å². The van der Waals surface area contributed by atoms with Crippen LogP contribution in [0.15, 0.2) is 36.7 Å². The van der Waals surface area contributed by atoms with Crippen LogP contribution in [0.4, 0.5) is 5.82 Å². The van der Waals surface area contributed by atoms with Gasteiger partial charge in [0.25, 0.3) is 0 Å². The van der Waals surface area contributed by atoms with Gasteiger partial charge in [-0.25, -0.2) is 0 Å². The predicted molar refractivity (Wildman–Crippen MR) is 76.7 cm³/mol. The molecule has 0 radical (unpaired) electrons. The van der Waals surface area contributed by atoms with Gasteiger partial charge in [0.05, 0.1) is 5.69 Å². The van der Waals surface area contributed by atoms with Gasteiger partial charge in [0.15, 0.2) is 0 Å². The van der Waals surface area contributed by atoms with Crippen molar-refractivity contribution in [1.82, 2.24) is 15.2 Å². The molecule has 0 atom stereocenters. The molecule has 3 rings (SSSR count). The fourth-order valence-corrected chi connectivity index (χ4v) is 2.18. The number of nitrogens with zero attached hydrogens (tertiary/aromatic N) is 3. The van der Waals surface area contributed by atoms with E-state index >= 15 is 0 Å². The Labute approximate surface area is 111 Å². The van der Waals surface area contributed by atoms with Gasteiger partial charge in [0, 0.05) is 23.3 Å². The first-order valence-corrected chi connectivity index (χ1v) is 6.11. The molecule has 0 amide bonds. The molecular weight excluding hydrogens is 236 g/mol. The molecule has 4 heteroatoms. The third-order valence-corrected chi connectivity index (χ3v) is 3.48. The van der Waals surface area contributed by atoms with Crippen molar-refractivity contribution >= 4 is 16.6 Å². The molecule has 0 spiro atoms. The van der Waals surface area contributed by atoms with Gasteiger partial charge in [-0.2, -0.15) is 0 Å². The van der Waals surface area contributed by atoms with E-state index in [0.29, 0.717) is 5.82 Å². The Kier molecular flexibility index (Phi) is 2.63. The minimum absolute atomic E-state index is 0.481. The third kappa shape index (κ3) is 1.81. The Hall–Kier alpha value is -2.49. The Balaban J connectivity index is 2.34. The molecule has 4 nitrogen and oxygen atoms in total. The van der Waals surface area contributed by atoms with E-state index in [1.165, 1.54) is 0 Å². The molecule has 0 saturated heterocycles. The van der Waals surface area contributed by atoms with Gasteiger partial charge in [-0.15, -0.1) is 10.2 Å².